The Balaban J connectivity index is 1.95. The van der Waals surface area contributed by atoms with E-state index >= 15 is 0 Å². The lowest BCUT2D eigenvalue weighted by molar-refractivity contribution is 0.0583. The Morgan fingerprint density at radius 2 is 2.19 bits per heavy atom. The summed E-state index contributed by atoms with van der Waals surface area (Å²) in [6.45, 7) is 2.50. The van der Waals surface area contributed by atoms with E-state index in [0.717, 1.165) is 26.0 Å². The Morgan fingerprint density at radius 3 is 2.94 bits per heavy atom. The third kappa shape index (κ3) is 6.04. The third-order valence-corrected chi connectivity index (χ3v) is 3.23. The van der Waals surface area contributed by atoms with Crippen molar-refractivity contribution in [2.24, 2.45) is 0 Å². The van der Waals surface area contributed by atoms with Crippen molar-refractivity contribution in [2.45, 2.75) is 44.2 Å². The standard InChI is InChI=1S/C12H24ClNO2/c1-15-12-5-2-4-11(10-12)14-7-3-8-16-9-6-13/h11-12,14H,2-10H2,1H3. The van der Waals surface area contributed by atoms with Gasteiger partial charge < -0.3 is 14.8 Å². The number of hydrogen-bond donors (Lipinski definition) is 1. The van der Waals surface area contributed by atoms with E-state index in [1.54, 1.807) is 0 Å². The predicted octanol–water partition coefficient (Wildman–Crippen LogP) is 2.18. The van der Waals surface area contributed by atoms with Crippen LogP contribution in [0.2, 0.25) is 0 Å². The summed E-state index contributed by atoms with van der Waals surface area (Å²) in [5.41, 5.74) is 0. The highest BCUT2D eigenvalue weighted by atomic mass is 35.5. The Bertz CT molecular complexity index is 169. The van der Waals surface area contributed by atoms with E-state index in [4.69, 9.17) is 21.1 Å². The first-order chi connectivity index (χ1) is 7.86. The van der Waals surface area contributed by atoms with Gasteiger partial charge in [0.25, 0.3) is 0 Å². The normalized spacial score (nSPS) is 25.9. The van der Waals surface area contributed by atoms with Gasteiger partial charge in [0.15, 0.2) is 0 Å². The highest BCUT2D eigenvalue weighted by Gasteiger charge is 2.20. The van der Waals surface area contributed by atoms with Crippen molar-refractivity contribution >= 4 is 11.6 Å². The third-order valence-electron chi connectivity index (χ3n) is 3.08. The topological polar surface area (TPSA) is 30.5 Å². The van der Waals surface area contributed by atoms with E-state index in [9.17, 15) is 0 Å². The molecule has 0 heterocycles. The first-order valence-corrected chi connectivity index (χ1v) is 6.80. The number of hydrogen-bond acceptors (Lipinski definition) is 3. The van der Waals surface area contributed by atoms with E-state index in [-0.39, 0.29) is 0 Å². The van der Waals surface area contributed by atoms with Crippen LogP contribution in [0, 0.1) is 0 Å². The van der Waals surface area contributed by atoms with E-state index in [1.807, 2.05) is 7.11 Å². The minimum Gasteiger partial charge on any atom is -0.381 e. The molecule has 0 saturated heterocycles. The van der Waals surface area contributed by atoms with Crippen LogP contribution in [-0.4, -0.2) is 44.9 Å². The lowest BCUT2D eigenvalue weighted by Crippen LogP contribution is -2.37. The lowest BCUT2D eigenvalue weighted by Gasteiger charge is -2.28. The number of rotatable bonds is 8. The molecule has 1 aliphatic carbocycles. The summed E-state index contributed by atoms with van der Waals surface area (Å²) in [5, 5.41) is 3.57. The zero-order valence-electron chi connectivity index (χ0n) is 10.2. The molecule has 0 bridgehead atoms. The smallest absolute Gasteiger partial charge is 0.0601 e. The molecule has 0 aliphatic heterocycles. The quantitative estimate of drug-likeness (QED) is 0.528. The number of nitrogens with one attached hydrogen (secondary N) is 1. The predicted molar refractivity (Wildman–Crippen MR) is 67.2 cm³/mol. The number of halogens is 1. The maximum Gasteiger partial charge on any atom is 0.0601 e. The largest absolute Gasteiger partial charge is 0.381 e. The molecule has 1 N–H and O–H groups in total. The summed E-state index contributed by atoms with van der Waals surface area (Å²) < 4.78 is 10.7. The highest BCUT2D eigenvalue weighted by molar-refractivity contribution is 6.17. The average molecular weight is 250 g/mol. The van der Waals surface area contributed by atoms with Crippen molar-refractivity contribution in [3.63, 3.8) is 0 Å². The number of ether oxygens (including phenoxy) is 2. The summed E-state index contributed by atoms with van der Waals surface area (Å²) in [6.07, 6.45) is 6.44. The van der Waals surface area contributed by atoms with Gasteiger partial charge in [0, 0.05) is 25.6 Å². The lowest BCUT2D eigenvalue weighted by atomic mass is 9.93. The summed E-state index contributed by atoms with van der Waals surface area (Å²) in [5.74, 6) is 0.589. The Hall–Kier alpha value is 0.170. The molecule has 2 atom stereocenters. The van der Waals surface area contributed by atoms with Crippen LogP contribution in [0.4, 0.5) is 0 Å². The first-order valence-electron chi connectivity index (χ1n) is 6.26. The molecule has 2 unspecified atom stereocenters. The second-order valence-corrected chi connectivity index (χ2v) is 4.71. The van der Waals surface area contributed by atoms with Crippen LogP contribution >= 0.6 is 11.6 Å². The molecule has 0 aromatic heterocycles. The van der Waals surface area contributed by atoms with Gasteiger partial charge in [0.2, 0.25) is 0 Å². The van der Waals surface area contributed by atoms with E-state index in [0.29, 0.717) is 24.6 Å². The zero-order valence-corrected chi connectivity index (χ0v) is 11.0. The molecular weight excluding hydrogens is 226 g/mol. The van der Waals surface area contributed by atoms with Crippen molar-refractivity contribution in [2.75, 3.05) is 32.7 Å². The second-order valence-electron chi connectivity index (χ2n) is 4.33. The van der Waals surface area contributed by atoms with Gasteiger partial charge in [-0.25, -0.2) is 0 Å². The van der Waals surface area contributed by atoms with Gasteiger partial charge >= 0.3 is 0 Å². The van der Waals surface area contributed by atoms with E-state index in [1.165, 1.54) is 19.3 Å². The molecule has 0 aromatic rings. The Kier molecular flexibility index (Phi) is 8.21. The molecule has 1 rings (SSSR count). The molecule has 1 aliphatic rings. The maximum atomic E-state index is 5.51. The summed E-state index contributed by atoms with van der Waals surface area (Å²) in [7, 11) is 1.81. The van der Waals surface area contributed by atoms with Crippen molar-refractivity contribution in [3.8, 4) is 0 Å². The van der Waals surface area contributed by atoms with Gasteiger partial charge in [0.1, 0.15) is 0 Å². The van der Waals surface area contributed by atoms with Crippen LogP contribution < -0.4 is 5.32 Å². The second kappa shape index (κ2) is 9.23. The molecule has 0 spiro atoms. The molecule has 16 heavy (non-hydrogen) atoms. The molecular formula is C12H24ClNO2. The molecule has 4 heteroatoms. The van der Waals surface area contributed by atoms with Crippen molar-refractivity contribution in [3.05, 3.63) is 0 Å². The van der Waals surface area contributed by atoms with Crippen LogP contribution in [0.15, 0.2) is 0 Å². The van der Waals surface area contributed by atoms with Gasteiger partial charge in [-0.05, 0) is 38.6 Å². The SMILES string of the molecule is COC1CCCC(NCCCOCCCl)C1. The van der Waals surface area contributed by atoms with E-state index < -0.39 is 0 Å². The Labute approximate surface area is 104 Å². The molecule has 1 fully saturated rings. The van der Waals surface area contributed by atoms with Gasteiger partial charge in [-0.2, -0.15) is 0 Å². The fraction of sp³-hybridized carbons (Fsp3) is 1.00. The van der Waals surface area contributed by atoms with Crippen LogP contribution in [-0.2, 0) is 9.47 Å². The zero-order chi connectivity index (χ0) is 11.6. The fourth-order valence-electron chi connectivity index (χ4n) is 2.18. The summed E-state index contributed by atoms with van der Waals surface area (Å²) >= 11 is 5.51. The van der Waals surface area contributed by atoms with Crippen LogP contribution in [0.1, 0.15) is 32.1 Å². The molecule has 96 valence electrons. The van der Waals surface area contributed by atoms with Crippen LogP contribution in [0.3, 0.4) is 0 Å². The molecule has 0 radical (unpaired) electrons. The van der Waals surface area contributed by atoms with Crippen molar-refractivity contribution in [1.29, 1.82) is 0 Å². The maximum absolute atomic E-state index is 5.51. The molecule has 0 amide bonds. The Morgan fingerprint density at radius 1 is 1.31 bits per heavy atom. The van der Waals surface area contributed by atoms with Gasteiger partial charge in [0.05, 0.1) is 12.7 Å². The average Bonchev–Trinajstić information content (AvgIpc) is 2.34. The highest BCUT2D eigenvalue weighted by Crippen LogP contribution is 2.20. The molecule has 3 nitrogen and oxygen atoms in total. The van der Waals surface area contributed by atoms with Gasteiger partial charge in [-0.3, -0.25) is 0 Å². The van der Waals surface area contributed by atoms with Gasteiger partial charge in [-0.1, -0.05) is 0 Å². The summed E-state index contributed by atoms with van der Waals surface area (Å²) in [6, 6.07) is 0.631. The van der Waals surface area contributed by atoms with Crippen molar-refractivity contribution < 1.29 is 9.47 Å². The summed E-state index contributed by atoms with van der Waals surface area (Å²) in [4.78, 5) is 0. The minimum absolute atomic E-state index is 0.457. The molecule has 0 aromatic carbocycles. The monoisotopic (exact) mass is 249 g/mol. The number of alkyl halides is 1. The van der Waals surface area contributed by atoms with Crippen molar-refractivity contribution in [1.82, 2.24) is 5.32 Å². The molecule has 1 saturated carbocycles. The fourth-order valence-corrected chi connectivity index (χ4v) is 2.29. The minimum atomic E-state index is 0.457. The van der Waals surface area contributed by atoms with Crippen LogP contribution in [0.5, 0.6) is 0 Å². The van der Waals surface area contributed by atoms with E-state index in [2.05, 4.69) is 5.32 Å². The first kappa shape index (κ1) is 14.2. The van der Waals surface area contributed by atoms with Crippen LogP contribution in [0.25, 0.3) is 0 Å². The van der Waals surface area contributed by atoms with Gasteiger partial charge in [-0.15, -0.1) is 11.6 Å². The number of methoxy groups -OCH3 is 1.